The molecule has 0 spiro atoms. The van der Waals surface area contributed by atoms with Gasteiger partial charge in [-0.1, -0.05) is 17.7 Å². The number of aromatic nitrogens is 2. The molecule has 0 unspecified atom stereocenters. The number of carbonyl (C=O) groups excluding carboxylic acids is 1. The summed E-state index contributed by atoms with van der Waals surface area (Å²) in [4.78, 5) is 12.0. The Kier molecular flexibility index (Phi) is 5.92. The Morgan fingerprint density at radius 1 is 1.42 bits per heavy atom. The van der Waals surface area contributed by atoms with Gasteiger partial charge in [-0.05, 0) is 19.1 Å². The van der Waals surface area contributed by atoms with Crippen molar-refractivity contribution >= 4 is 23.6 Å². The van der Waals surface area contributed by atoms with Crippen molar-refractivity contribution in [2.75, 3.05) is 13.7 Å². The number of halogens is 3. The van der Waals surface area contributed by atoms with Gasteiger partial charge >= 0.3 is 5.97 Å². The zero-order chi connectivity index (χ0) is 17.7. The van der Waals surface area contributed by atoms with Crippen LogP contribution in [0.4, 0.5) is 8.78 Å². The maximum absolute atomic E-state index is 13.8. The summed E-state index contributed by atoms with van der Waals surface area (Å²) in [5, 5.41) is 4.19. The molecule has 0 aliphatic heterocycles. The standard InChI is InChI=1S/C16H15ClF2N2O3/c1-3-24-16(22)14-12(6-7-23-2)15(17)21(20-14)9-10-4-5-11(18)8-13(10)19/h4-8H,3,9H2,1-2H3. The molecule has 0 saturated heterocycles. The molecule has 0 aliphatic rings. The minimum atomic E-state index is -0.728. The molecule has 0 N–H and O–H groups in total. The highest BCUT2D eigenvalue weighted by Crippen LogP contribution is 2.24. The summed E-state index contributed by atoms with van der Waals surface area (Å²) >= 11 is 6.23. The van der Waals surface area contributed by atoms with Crippen LogP contribution in [0, 0.1) is 11.6 Å². The van der Waals surface area contributed by atoms with E-state index in [9.17, 15) is 13.6 Å². The Morgan fingerprint density at radius 3 is 2.79 bits per heavy atom. The third-order valence-electron chi connectivity index (χ3n) is 3.10. The van der Waals surface area contributed by atoms with Crippen LogP contribution < -0.4 is 0 Å². The van der Waals surface area contributed by atoms with Gasteiger partial charge in [-0.15, -0.1) is 0 Å². The lowest BCUT2D eigenvalue weighted by Crippen LogP contribution is -2.09. The summed E-state index contributed by atoms with van der Waals surface area (Å²) < 4.78 is 37.8. The first kappa shape index (κ1) is 17.9. The van der Waals surface area contributed by atoms with Crippen molar-refractivity contribution < 1.29 is 23.0 Å². The van der Waals surface area contributed by atoms with E-state index in [2.05, 4.69) is 5.10 Å². The molecule has 8 heteroatoms. The van der Waals surface area contributed by atoms with Crippen molar-refractivity contribution in [2.24, 2.45) is 0 Å². The van der Waals surface area contributed by atoms with Gasteiger partial charge in [0.25, 0.3) is 0 Å². The quantitative estimate of drug-likeness (QED) is 0.585. The summed E-state index contributed by atoms with van der Waals surface area (Å²) in [6, 6.07) is 3.19. The molecule has 2 rings (SSSR count). The number of rotatable bonds is 6. The number of methoxy groups -OCH3 is 1. The highest BCUT2D eigenvalue weighted by molar-refractivity contribution is 6.31. The Balaban J connectivity index is 2.43. The summed E-state index contributed by atoms with van der Waals surface area (Å²) in [5.74, 6) is -2.07. The fraction of sp³-hybridized carbons (Fsp3) is 0.250. The fourth-order valence-corrected chi connectivity index (χ4v) is 2.26. The lowest BCUT2D eigenvalue weighted by Gasteiger charge is -2.05. The molecule has 5 nitrogen and oxygen atoms in total. The van der Waals surface area contributed by atoms with Crippen LogP contribution in [0.25, 0.3) is 6.08 Å². The molecule has 0 radical (unpaired) electrons. The highest BCUT2D eigenvalue weighted by atomic mass is 35.5. The number of hydrogen-bond donors (Lipinski definition) is 0. The maximum Gasteiger partial charge on any atom is 0.359 e. The highest BCUT2D eigenvalue weighted by Gasteiger charge is 2.22. The summed E-state index contributed by atoms with van der Waals surface area (Å²) in [5.41, 5.74) is 0.454. The van der Waals surface area contributed by atoms with Gasteiger partial charge in [0.05, 0.1) is 26.5 Å². The molecule has 1 heterocycles. The van der Waals surface area contributed by atoms with E-state index < -0.39 is 17.6 Å². The van der Waals surface area contributed by atoms with Crippen molar-refractivity contribution in [3.8, 4) is 0 Å². The first-order chi connectivity index (χ1) is 11.5. The number of ether oxygens (including phenoxy) is 2. The van der Waals surface area contributed by atoms with Gasteiger partial charge in [-0.2, -0.15) is 5.10 Å². The van der Waals surface area contributed by atoms with E-state index in [1.807, 2.05) is 0 Å². The van der Waals surface area contributed by atoms with Gasteiger partial charge in [0.15, 0.2) is 5.69 Å². The molecule has 2 aromatic rings. The van der Waals surface area contributed by atoms with Crippen molar-refractivity contribution in [3.05, 3.63) is 58.1 Å². The van der Waals surface area contributed by atoms with E-state index in [1.165, 1.54) is 30.2 Å². The van der Waals surface area contributed by atoms with Gasteiger partial charge in [-0.3, -0.25) is 0 Å². The van der Waals surface area contributed by atoms with Crippen molar-refractivity contribution in [2.45, 2.75) is 13.5 Å². The van der Waals surface area contributed by atoms with Gasteiger partial charge in [0.1, 0.15) is 16.8 Å². The largest absolute Gasteiger partial charge is 0.504 e. The average molecular weight is 357 g/mol. The van der Waals surface area contributed by atoms with Crippen LogP contribution in [0.15, 0.2) is 24.5 Å². The molecule has 0 aliphatic carbocycles. The third kappa shape index (κ3) is 3.91. The predicted octanol–water partition coefficient (Wildman–Crippen LogP) is 3.66. The van der Waals surface area contributed by atoms with Crippen LogP contribution in [0.3, 0.4) is 0 Å². The normalized spacial score (nSPS) is 11.0. The Hall–Kier alpha value is -2.41. The molecule has 128 valence electrons. The second-order valence-corrected chi connectivity index (χ2v) is 5.06. The Labute approximate surface area is 142 Å². The molecule has 0 fully saturated rings. The van der Waals surface area contributed by atoms with Crippen molar-refractivity contribution in [3.63, 3.8) is 0 Å². The first-order valence-corrected chi connectivity index (χ1v) is 7.42. The summed E-state index contributed by atoms with van der Waals surface area (Å²) in [6.07, 6.45) is 2.79. The molecule has 0 atom stereocenters. The fourth-order valence-electron chi connectivity index (χ4n) is 2.01. The monoisotopic (exact) mass is 356 g/mol. The second kappa shape index (κ2) is 7.92. The molecule has 0 saturated carbocycles. The maximum atomic E-state index is 13.8. The van der Waals surface area contributed by atoms with E-state index >= 15 is 0 Å². The van der Waals surface area contributed by atoms with Gasteiger partial charge < -0.3 is 9.47 Å². The van der Waals surface area contributed by atoms with E-state index in [0.717, 1.165) is 12.1 Å². The molecule has 1 aromatic carbocycles. The topological polar surface area (TPSA) is 53.3 Å². The first-order valence-electron chi connectivity index (χ1n) is 7.04. The lowest BCUT2D eigenvalue weighted by molar-refractivity contribution is 0.0518. The molecule has 1 aromatic heterocycles. The van der Waals surface area contributed by atoms with Crippen LogP contribution in [0.5, 0.6) is 0 Å². The SMILES string of the molecule is CCOC(=O)c1nn(Cc2ccc(F)cc2F)c(Cl)c1C=COC. The van der Waals surface area contributed by atoms with Gasteiger partial charge in [-0.25, -0.2) is 18.3 Å². The average Bonchev–Trinajstić information content (AvgIpc) is 2.85. The minimum Gasteiger partial charge on any atom is -0.504 e. The second-order valence-electron chi connectivity index (χ2n) is 4.71. The van der Waals surface area contributed by atoms with Crippen molar-refractivity contribution in [1.82, 2.24) is 9.78 Å². The minimum absolute atomic E-state index is 0.0160. The number of hydrogen-bond acceptors (Lipinski definition) is 4. The van der Waals surface area contributed by atoms with E-state index in [0.29, 0.717) is 5.56 Å². The zero-order valence-corrected chi connectivity index (χ0v) is 13.8. The third-order valence-corrected chi connectivity index (χ3v) is 3.50. The molecular weight excluding hydrogens is 342 g/mol. The van der Waals surface area contributed by atoms with Crippen LogP contribution in [0.2, 0.25) is 5.15 Å². The lowest BCUT2D eigenvalue weighted by atomic mass is 10.2. The molecule has 0 bridgehead atoms. The molecular formula is C16H15ClF2N2O3. The summed E-state index contributed by atoms with van der Waals surface area (Å²) in [6.45, 7) is 1.76. The molecule has 0 amide bonds. The Bertz CT molecular complexity index is 775. The van der Waals surface area contributed by atoms with E-state index in [-0.39, 0.29) is 29.6 Å². The van der Waals surface area contributed by atoms with E-state index in [4.69, 9.17) is 21.1 Å². The number of nitrogens with zero attached hydrogens (tertiary/aromatic N) is 2. The van der Waals surface area contributed by atoms with Crippen LogP contribution in [-0.4, -0.2) is 29.5 Å². The van der Waals surface area contributed by atoms with Gasteiger partial charge in [0, 0.05) is 17.2 Å². The van der Waals surface area contributed by atoms with Crippen molar-refractivity contribution in [1.29, 1.82) is 0 Å². The van der Waals surface area contributed by atoms with Crippen LogP contribution >= 0.6 is 11.6 Å². The smallest absolute Gasteiger partial charge is 0.359 e. The van der Waals surface area contributed by atoms with E-state index in [1.54, 1.807) is 6.92 Å². The van der Waals surface area contributed by atoms with Gasteiger partial charge in [0.2, 0.25) is 0 Å². The predicted molar refractivity (Wildman–Crippen MR) is 84.7 cm³/mol. The number of carbonyl (C=O) groups is 1. The zero-order valence-electron chi connectivity index (χ0n) is 13.1. The Morgan fingerprint density at radius 2 is 2.17 bits per heavy atom. The summed E-state index contributed by atoms with van der Waals surface area (Å²) in [7, 11) is 1.44. The number of esters is 1. The molecule has 24 heavy (non-hydrogen) atoms. The van der Waals surface area contributed by atoms with Crippen LogP contribution in [-0.2, 0) is 16.0 Å². The van der Waals surface area contributed by atoms with Crippen LogP contribution in [0.1, 0.15) is 28.5 Å². The number of benzene rings is 1.